The van der Waals surface area contributed by atoms with Gasteiger partial charge in [0.1, 0.15) is 0 Å². The Bertz CT molecular complexity index is 970. The van der Waals surface area contributed by atoms with Gasteiger partial charge in [-0.2, -0.15) is 18.3 Å². The van der Waals surface area contributed by atoms with Gasteiger partial charge in [-0.3, -0.25) is 14.4 Å². The third kappa shape index (κ3) is 7.04. The lowest BCUT2D eigenvalue weighted by Crippen LogP contribution is -2.21. The molecule has 0 bridgehead atoms. The molecule has 10 heteroatoms. The van der Waals surface area contributed by atoms with Gasteiger partial charge >= 0.3 is 6.18 Å². The number of rotatable bonds is 6. The lowest BCUT2D eigenvalue weighted by molar-refractivity contribution is -0.137. The van der Waals surface area contributed by atoms with E-state index in [-0.39, 0.29) is 29.3 Å². The van der Waals surface area contributed by atoms with Gasteiger partial charge in [-0.25, -0.2) is 5.43 Å². The van der Waals surface area contributed by atoms with Crippen molar-refractivity contribution < 1.29 is 27.6 Å². The highest BCUT2D eigenvalue weighted by Gasteiger charge is 2.30. The number of hydrazone groups is 1. The number of carbonyl (C=O) groups is 3. The number of nitrogens with one attached hydrogen (secondary N) is 3. The van der Waals surface area contributed by atoms with Crippen LogP contribution in [0.5, 0.6) is 0 Å². The van der Waals surface area contributed by atoms with Crippen LogP contribution in [0, 0.1) is 0 Å². The molecule has 3 amide bonds. The number of amides is 3. The van der Waals surface area contributed by atoms with E-state index in [2.05, 4.69) is 21.2 Å². The summed E-state index contributed by atoms with van der Waals surface area (Å²) < 4.78 is 38.2. The van der Waals surface area contributed by atoms with Crippen LogP contribution in [0.1, 0.15) is 36.2 Å². The van der Waals surface area contributed by atoms with Crippen molar-refractivity contribution in [2.75, 3.05) is 10.6 Å². The number of carbonyl (C=O) groups excluding carboxylic acids is 3. The van der Waals surface area contributed by atoms with Crippen molar-refractivity contribution >= 4 is 34.8 Å². The Balaban J connectivity index is 1.91. The van der Waals surface area contributed by atoms with Crippen molar-refractivity contribution in [3.63, 3.8) is 0 Å². The average Bonchev–Trinajstić information content (AvgIpc) is 2.65. The fraction of sp³-hybridized carbons (Fsp3) is 0.200. The number of hydrogen-bond acceptors (Lipinski definition) is 4. The molecule has 0 fully saturated rings. The van der Waals surface area contributed by atoms with Crippen molar-refractivity contribution in [2.24, 2.45) is 5.10 Å². The Hall–Kier alpha value is -3.69. The van der Waals surface area contributed by atoms with E-state index in [0.29, 0.717) is 5.69 Å². The molecule has 0 aliphatic heterocycles. The van der Waals surface area contributed by atoms with Gasteiger partial charge in [0.05, 0.1) is 12.0 Å². The highest BCUT2D eigenvalue weighted by Crippen LogP contribution is 2.30. The molecule has 30 heavy (non-hydrogen) atoms. The van der Waals surface area contributed by atoms with Crippen LogP contribution < -0.4 is 16.1 Å². The molecule has 2 aromatic carbocycles. The number of halogens is 3. The van der Waals surface area contributed by atoms with Crippen LogP contribution in [-0.4, -0.2) is 23.4 Å². The topological polar surface area (TPSA) is 99.7 Å². The first-order valence-electron chi connectivity index (χ1n) is 8.73. The predicted octanol–water partition coefficient (Wildman–Crippen LogP) is 3.80. The van der Waals surface area contributed by atoms with E-state index in [1.807, 2.05) is 0 Å². The number of nitrogens with zero attached hydrogens (tertiary/aromatic N) is 1. The predicted molar refractivity (Wildman–Crippen MR) is 106 cm³/mol. The lowest BCUT2D eigenvalue weighted by atomic mass is 10.2. The monoisotopic (exact) mass is 420 g/mol. The van der Waals surface area contributed by atoms with Gasteiger partial charge in [-0.05, 0) is 49.4 Å². The molecule has 7 nitrogen and oxygen atoms in total. The first-order valence-corrected chi connectivity index (χ1v) is 8.73. The van der Waals surface area contributed by atoms with Crippen LogP contribution in [0.4, 0.5) is 24.5 Å². The van der Waals surface area contributed by atoms with Crippen LogP contribution in [0.15, 0.2) is 53.6 Å². The van der Waals surface area contributed by atoms with E-state index in [1.165, 1.54) is 38.1 Å². The molecule has 2 rings (SSSR count). The van der Waals surface area contributed by atoms with Crippen molar-refractivity contribution in [3.05, 3.63) is 59.7 Å². The molecule has 0 saturated carbocycles. The quantitative estimate of drug-likeness (QED) is 0.490. The molecule has 0 radical (unpaired) electrons. The van der Waals surface area contributed by atoms with E-state index in [4.69, 9.17) is 0 Å². The Morgan fingerprint density at radius 1 is 0.933 bits per heavy atom. The Morgan fingerprint density at radius 2 is 1.60 bits per heavy atom. The number of hydrogen-bond donors (Lipinski definition) is 3. The van der Waals surface area contributed by atoms with Crippen molar-refractivity contribution in [3.8, 4) is 0 Å². The number of alkyl halides is 3. The molecular formula is C20H19F3N4O3. The molecular weight excluding hydrogens is 401 g/mol. The summed E-state index contributed by atoms with van der Waals surface area (Å²) in [6.45, 7) is 2.85. The maximum atomic E-state index is 12.7. The van der Waals surface area contributed by atoms with Gasteiger partial charge in [0.15, 0.2) is 0 Å². The maximum Gasteiger partial charge on any atom is 0.416 e. The summed E-state index contributed by atoms with van der Waals surface area (Å²) in [6, 6.07) is 10.3. The minimum Gasteiger partial charge on any atom is -0.326 e. The third-order valence-corrected chi connectivity index (χ3v) is 3.71. The number of anilines is 2. The Kier molecular flexibility index (Phi) is 7.29. The Labute approximate surface area is 170 Å². The summed E-state index contributed by atoms with van der Waals surface area (Å²) in [4.78, 5) is 35.1. The first kappa shape index (κ1) is 22.6. The van der Waals surface area contributed by atoms with Crippen LogP contribution in [0.2, 0.25) is 0 Å². The van der Waals surface area contributed by atoms with E-state index in [1.54, 1.807) is 12.1 Å². The molecule has 158 valence electrons. The molecule has 0 aromatic heterocycles. The smallest absolute Gasteiger partial charge is 0.326 e. The standard InChI is InChI=1S/C20H19F3N4O3/c1-12(10-18(29)25-17-5-3-4-15(11-17)20(21,22)23)26-27-19(30)14-6-8-16(9-7-14)24-13(2)28/h3-9,11H,10H2,1-2H3,(H,24,28)(H,25,29)(H,27,30)/b26-12-. The second kappa shape index (κ2) is 9.68. The lowest BCUT2D eigenvalue weighted by Gasteiger charge is -2.10. The van der Waals surface area contributed by atoms with Crippen LogP contribution in [-0.2, 0) is 15.8 Å². The van der Waals surface area contributed by atoms with Crippen LogP contribution >= 0.6 is 0 Å². The molecule has 0 heterocycles. The molecule has 0 unspecified atom stereocenters. The van der Waals surface area contributed by atoms with Gasteiger partial charge in [-0.15, -0.1) is 0 Å². The van der Waals surface area contributed by atoms with E-state index in [9.17, 15) is 27.6 Å². The molecule has 0 spiro atoms. The second-order valence-electron chi connectivity index (χ2n) is 6.35. The molecule has 3 N–H and O–H groups in total. The summed E-state index contributed by atoms with van der Waals surface area (Å²) in [5.41, 5.74) is 2.49. The van der Waals surface area contributed by atoms with Gasteiger partial charge in [-0.1, -0.05) is 6.07 Å². The first-order chi connectivity index (χ1) is 14.0. The SMILES string of the molecule is CC(=O)Nc1ccc(C(=O)N/N=C(/C)CC(=O)Nc2cccc(C(F)(F)F)c2)cc1. The largest absolute Gasteiger partial charge is 0.416 e. The zero-order valence-corrected chi connectivity index (χ0v) is 16.1. The molecule has 0 aliphatic rings. The van der Waals surface area contributed by atoms with E-state index >= 15 is 0 Å². The molecule has 0 aliphatic carbocycles. The van der Waals surface area contributed by atoms with Crippen LogP contribution in [0.25, 0.3) is 0 Å². The summed E-state index contributed by atoms with van der Waals surface area (Å²) in [5, 5.41) is 8.74. The van der Waals surface area contributed by atoms with E-state index < -0.39 is 23.6 Å². The summed E-state index contributed by atoms with van der Waals surface area (Å²) in [6.07, 6.45) is -4.74. The highest BCUT2D eigenvalue weighted by molar-refractivity contribution is 6.06. The van der Waals surface area contributed by atoms with Gasteiger partial charge < -0.3 is 10.6 Å². The van der Waals surface area contributed by atoms with Gasteiger partial charge in [0, 0.05) is 29.6 Å². The fourth-order valence-corrected chi connectivity index (χ4v) is 2.37. The number of benzene rings is 2. The van der Waals surface area contributed by atoms with Crippen molar-refractivity contribution in [2.45, 2.75) is 26.4 Å². The minimum absolute atomic E-state index is 0.00548. The van der Waals surface area contributed by atoms with Crippen molar-refractivity contribution in [1.82, 2.24) is 5.43 Å². The second-order valence-corrected chi connectivity index (χ2v) is 6.35. The maximum absolute atomic E-state index is 12.7. The minimum atomic E-state index is -4.51. The average molecular weight is 420 g/mol. The van der Waals surface area contributed by atoms with Crippen LogP contribution in [0.3, 0.4) is 0 Å². The summed E-state index contributed by atoms with van der Waals surface area (Å²) in [7, 11) is 0. The zero-order chi connectivity index (χ0) is 22.3. The molecule has 2 aromatic rings. The molecule has 0 saturated heterocycles. The van der Waals surface area contributed by atoms with Gasteiger partial charge in [0.2, 0.25) is 11.8 Å². The van der Waals surface area contributed by atoms with E-state index in [0.717, 1.165) is 12.1 Å². The fourth-order valence-electron chi connectivity index (χ4n) is 2.37. The zero-order valence-electron chi connectivity index (χ0n) is 16.1. The summed E-state index contributed by atoms with van der Waals surface area (Å²) >= 11 is 0. The Morgan fingerprint density at radius 3 is 2.20 bits per heavy atom. The van der Waals surface area contributed by atoms with Gasteiger partial charge in [0.25, 0.3) is 5.91 Å². The normalized spacial score (nSPS) is 11.6. The molecule has 0 atom stereocenters. The highest BCUT2D eigenvalue weighted by atomic mass is 19.4. The third-order valence-electron chi connectivity index (χ3n) is 3.71. The summed E-state index contributed by atoms with van der Waals surface area (Å²) in [5.74, 6) is -1.35. The van der Waals surface area contributed by atoms with Crippen molar-refractivity contribution in [1.29, 1.82) is 0 Å².